The van der Waals surface area contributed by atoms with E-state index in [2.05, 4.69) is 4.57 Å². The molecule has 0 amide bonds. The molecule has 0 bridgehead atoms. The molecule has 7 heteroatoms. The topological polar surface area (TPSA) is 60.8 Å². The normalized spacial score (nSPS) is 17.0. The summed E-state index contributed by atoms with van der Waals surface area (Å²) in [6, 6.07) is 16.0. The van der Waals surface area contributed by atoms with Crippen LogP contribution in [0.15, 0.2) is 65.7 Å². The van der Waals surface area contributed by atoms with E-state index in [-0.39, 0.29) is 0 Å². The molecule has 1 aliphatic heterocycles. The minimum Gasteiger partial charge on any atom is -0.493 e. The van der Waals surface area contributed by atoms with Crippen molar-refractivity contribution in [2.45, 2.75) is 24.4 Å². The summed E-state index contributed by atoms with van der Waals surface area (Å²) in [6.45, 7) is 2.94. The maximum Gasteiger partial charge on any atom is 0.244 e. The molecular weight excluding hydrogens is 388 g/mol. The van der Waals surface area contributed by atoms with E-state index in [1.165, 1.54) is 0 Å². The van der Waals surface area contributed by atoms with Crippen LogP contribution in [0.4, 0.5) is 0 Å². The molecule has 0 N–H and O–H groups in total. The first kappa shape index (κ1) is 19.5. The van der Waals surface area contributed by atoms with Crippen LogP contribution in [0.5, 0.6) is 11.5 Å². The van der Waals surface area contributed by atoms with E-state index >= 15 is 0 Å². The quantitative estimate of drug-likeness (QED) is 0.642. The summed E-state index contributed by atoms with van der Waals surface area (Å²) in [4.78, 5) is 0.300. The van der Waals surface area contributed by atoms with Crippen LogP contribution in [0.1, 0.15) is 22.9 Å². The predicted molar refractivity (Wildman–Crippen MR) is 111 cm³/mol. The fourth-order valence-electron chi connectivity index (χ4n) is 3.83. The van der Waals surface area contributed by atoms with Crippen molar-refractivity contribution in [1.82, 2.24) is 8.87 Å². The van der Waals surface area contributed by atoms with Crippen molar-refractivity contribution < 1.29 is 17.9 Å². The molecule has 0 saturated carbocycles. The summed E-state index contributed by atoms with van der Waals surface area (Å²) < 4.78 is 41.6. The van der Waals surface area contributed by atoms with Crippen LogP contribution in [-0.4, -0.2) is 38.1 Å². The van der Waals surface area contributed by atoms with Gasteiger partial charge in [-0.1, -0.05) is 23.8 Å². The van der Waals surface area contributed by atoms with Gasteiger partial charge in [-0.25, -0.2) is 8.42 Å². The molecule has 2 aromatic carbocycles. The number of hydrogen-bond donors (Lipinski definition) is 0. The van der Waals surface area contributed by atoms with Crippen molar-refractivity contribution in [3.05, 3.63) is 77.6 Å². The number of ether oxygens (including phenoxy) is 2. The Hall–Kier alpha value is -2.77. The van der Waals surface area contributed by atoms with E-state index in [4.69, 9.17) is 9.47 Å². The van der Waals surface area contributed by atoms with E-state index in [9.17, 15) is 8.42 Å². The number of sulfonamides is 1. The van der Waals surface area contributed by atoms with Gasteiger partial charge in [0.2, 0.25) is 10.0 Å². The summed E-state index contributed by atoms with van der Waals surface area (Å²) in [5, 5.41) is 0. The Balaban J connectivity index is 1.85. The maximum atomic E-state index is 13.6. The number of fused-ring (bicyclic) bond motifs is 1. The van der Waals surface area contributed by atoms with Crippen LogP contribution >= 0.6 is 0 Å². The van der Waals surface area contributed by atoms with E-state index < -0.39 is 16.1 Å². The van der Waals surface area contributed by atoms with Crippen LogP contribution in [0.3, 0.4) is 0 Å². The Kier molecular flexibility index (Phi) is 5.10. The maximum absolute atomic E-state index is 13.6. The summed E-state index contributed by atoms with van der Waals surface area (Å²) >= 11 is 0. The lowest BCUT2D eigenvalue weighted by Gasteiger charge is -2.36. The van der Waals surface area contributed by atoms with Crippen molar-refractivity contribution in [2.24, 2.45) is 0 Å². The molecule has 1 atom stereocenters. The molecule has 0 unspecified atom stereocenters. The Bertz CT molecular complexity index is 1120. The molecule has 6 nitrogen and oxygen atoms in total. The number of hydrogen-bond acceptors (Lipinski definition) is 4. The van der Waals surface area contributed by atoms with E-state index in [0.717, 1.165) is 16.8 Å². The number of rotatable bonds is 5. The first-order chi connectivity index (χ1) is 14.0. The van der Waals surface area contributed by atoms with Gasteiger partial charge in [0.15, 0.2) is 11.5 Å². The summed E-state index contributed by atoms with van der Waals surface area (Å²) in [6.07, 6.45) is 1.99. The van der Waals surface area contributed by atoms with Crippen LogP contribution in [-0.2, 0) is 16.6 Å². The molecule has 0 saturated heterocycles. The molecule has 4 rings (SSSR count). The SMILES string of the molecule is COc1ccc([C@H]2c3cccn3CCN2S(=O)(=O)c2ccc(C)cc2)cc1OC. The van der Waals surface area contributed by atoms with Gasteiger partial charge in [0.1, 0.15) is 0 Å². The third-order valence-corrected chi connectivity index (χ3v) is 7.22. The lowest BCUT2D eigenvalue weighted by Crippen LogP contribution is -2.42. The first-order valence-electron chi connectivity index (χ1n) is 9.41. The van der Waals surface area contributed by atoms with Crippen LogP contribution in [0.25, 0.3) is 0 Å². The van der Waals surface area contributed by atoms with Gasteiger partial charge in [-0.05, 0) is 48.9 Å². The zero-order valence-corrected chi connectivity index (χ0v) is 17.5. The number of methoxy groups -OCH3 is 2. The second-order valence-electron chi connectivity index (χ2n) is 7.07. The number of nitrogens with zero attached hydrogens (tertiary/aromatic N) is 2. The highest BCUT2D eigenvalue weighted by molar-refractivity contribution is 7.89. The molecule has 1 aliphatic rings. The molecular formula is C22H24N2O4S. The smallest absolute Gasteiger partial charge is 0.244 e. The minimum absolute atomic E-state index is 0.300. The first-order valence-corrected chi connectivity index (χ1v) is 10.8. The van der Waals surface area contributed by atoms with Crippen LogP contribution in [0.2, 0.25) is 0 Å². The Morgan fingerprint density at radius 3 is 2.34 bits per heavy atom. The number of benzene rings is 2. The van der Waals surface area contributed by atoms with Gasteiger partial charge in [0, 0.05) is 25.0 Å². The third kappa shape index (κ3) is 3.41. The lowest BCUT2D eigenvalue weighted by molar-refractivity contribution is 0.296. The molecule has 152 valence electrons. The lowest BCUT2D eigenvalue weighted by atomic mass is 10.0. The Labute approximate surface area is 171 Å². The van der Waals surface area contributed by atoms with Gasteiger partial charge in [0.25, 0.3) is 0 Å². The summed E-state index contributed by atoms with van der Waals surface area (Å²) in [5.74, 6) is 1.18. The second-order valence-corrected chi connectivity index (χ2v) is 8.96. The second kappa shape index (κ2) is 7.57. The van der Waals surface area contributed by atoms with Gasteiger partial charge < -0.3 is 14.0 Å². The zero-order chi connectivity index (χ0) is 20.6. The Morgan fingerprint density at radius 2 is 1.66 bits per heavy atom. The standard InChI is InChI=1S/C22H24N2O4S/c1-16-6-9-18(10-7-16)29(25,26)24-14-13-23-12-4-5-19(23)22(24)17-8-11-20(27-2)21(15-17)28-3/h4-12,15,22H,13-14H2,1-3H3/t22-/m0/s1. The molecule has 0 radical (unpaired) electrons. The fraction of sp³-hybridized carbons (Fsp3) is 0.273. The zero-order valence-electron chi connectivity index (χ0n) is 16.7. The summed E-state index contributed by atoms with van der Waals surface area (Å²) in [5.41, 5.74) is 2.78. The van der Waals surface area contributed by atoms with Gasteiger partial charge in [0.05, 0.1) is 25.2 Å². The highest BCUT2D eigenvalue weighted by Gasteiger charge is 2.37. The van der Waals surface area contributed by atoms with Crippen LogP contribution in [0, 0.1) is 6.92 Å². The average Bonchev–Trinajstić information content (AvgIpc) is 3.21. The predicted octanol–water partition coefficient (Wildman–Crippen LogP) is 3.61. The van der Waals surface area contributed by atoms with Gasteiger partial charge in [-0.2, -0.15) is 4.31 Å². The van der Waals surface area contributed by atoms with E-state index in [1.54, 1.807) is 30.7 Å². The molecule has 1 aromatic heterocycles. The Morgan fingerprint density at radius 1 is 0.931 bits per heavy atom. The van der Waals surface area contributed by atoms with Crippen molar-refractivity contribution in [1.29, 1.82) is 0 Å². The highest BCUT2D eigenvalue weighted by Crippen LogP contribution is 2.39. The van der Waals surface area contributed by atoms with Crippen molar-refractivity contribution >= 4 is 10.0 Å². The fourth-order valence-corrected chi connectivity index (χ4v) is 5.41. The van der Waals surface area contributed by atoms with E-state index in [1.807, 2.05) is 55.6 Å². The van der Waals surface area contributed by atoms with Gasteiger partial charge >= 0.3 is 0 Å². The van der Waals surface area contributed by atoms with Crippen LogP contribution < -0.4 is 9.47 Å². The van der Waals surface area contributed by atoms with E-state index in [0.29, 0.717) is 29.5 Å². The molecule has 0 spiro atoms. The molecule has 3 aromatic rings. The average molecular weight is 413 g/mol. The molecule has 0 fully saturated rings. The molecule has 29 heavy (non-hydrogen) atoms. The summed E-state index contributed by atoms with van der Waals surface area (Å²) in [7, 11) is -0.528. The van der Waals surface area contributed by atoms with Gasteiger partial charge in [-0.3, -0.25) is 0 Å². The van der Waals surface area contributed by atoms with Crippen molar-refractivity contribution in [2.75, 3.05) is 20.8 Å². The highest BCUT2D eigenvalue weighted by atomic mass is 32.2. The largest absolute Gasteiger partial charge is 0.493 e. The number of aryl methyl sites for hydroxylation is 1. The minimum atomic E-state index is -3.68. The third-order valence-electron chi connectivity index (χ3n) is 5.34. The van der Waals surface area contributed by atoms with Crippen molar-refractivity contribution in [3.8, 4) is 11.5 Å². The molecule has 0 aliphatic carbocycles. The monoisotopic (exact) mass is 412 g/mol. The van der Waals surface area contributed by atoms with Crippen molar-refractivity contribution in [3.63, 3.8) is 0 Å². The number of aromatic nitrogens is 1. The molecule has 2 heterocycles. The van der Waals surface area contributed by atoms with Gasteiger partial charge in [-0.15, -0.1) is 0 Å².